The van der Waals surface area contributed by atoms with Crippen LogP contribution in [0, 0.1) is 0 Å². The maximum atomic E-state index is 12.1. The molecule has 176 valence electrons. The van der Waals surface area contributed by atoms with Gasteiger partial charge in [0.1, 0.15) is 11.2 Å². The molecule has 0 saturated carbocycles. The lowest BCUT2D eigenvalue weighted by molar-refractivity contribution is -0.160. The second-order valence-electron chi connectivity index (χ2n) is 8.68. The molecule has 0 aliphatic heterocycles. The van der Waals surface area contributed by atoms with Crippen LogP contribution < -0.4 is 5.32 Å². The maximum Gasteiger partial charge on any atom is 0.320 e. The molecule has 0 saturated heterocycles. The van der Waals surface area contributed by atoms with E-state index in [9.17, 15) is 14.4 Å². The zero-order valence-corrected chi connectivity index (χ0v) is 19.1. The number of esters is 2. The summed E-state index contributed by atoms with van der Waals surface area (Å²) in [5, 5.41) is 11.2. The molecule has 0 aromatic rings. The Hall–Kier alpha value is -1.75. The first-order chi connectivity index (χ1) is 13.8. The van der Waals surface area contributed by atoms with Crippen LogP contribution in [0.2, 0.25) is 0 Å². The zero-order valence-electron chi connectivity index (χ0n) is 19.1. The van der Waals surface area contributed by atoms with E-state index < -0.39 is 29.1 Å². The van der Waals surface area contributed by atoms with E-state index in [1.54, 1.807) is 46.4 Å². The summed E-state index contributed by atoms with van der Waals surface area (Å²) in [6.45, 7) is 12.6. The molecule has 0 heterocycles. The molecule has 0 atom stereocenters. The number of carboxylic acids is 1. The summed E-state index contributed by atoms with van der Waals surface area (Å²) in [6.07, 6.45) is 0. The first kappa shape index (κ1) is 28.2. The Labute approximate surface area is 179 Å². The van der Waals surface area contributed by atoms with Gasteiger partial charge < -0.3 is 29.4 Å². The third kappa shape index (κ3) is 19.6. The molecular formula is C20H38N2O8. The molecule has 0 spiro atoms. The van der Waals surface area contributed by atoms with Crippen molar-refractivity contribution in [1.29, 1.82) is 0 Å². The predicted octanol–water partition coefficient (Wildman–Crippen LogP) is 0.679. The van der Waals surface area contributed by atoms with E-state index in [2.05, 4.69) is 5.32 Å². The lowest BCUT2D eigenvalue weighted by atomic mass is 10.2. The largest absolute Gasteiger partial charge is 0.480 e. The smallest absolute Gasteiger partial charge is 0.320 e. The van der Waals surface area contributed by atoms with Crippen molar-refractivity contribution in [1.82, 2.24) is 10.2 Å². The second-order valence-corrected chi connectivity index (χ2v) is 8.68. The van der Waals surface area contributed by atoms with E-state index in [0.717, 1.165) is 0 Å². The molecule has 10 nitrogen and oxygen atoms in total. The summed E-state index contributed by atoms with van der Waals surface area (Å²) in [5.41, 5.74) is -1.22. The van der Waals surface area contributed by atoms with Crippen LogP contribution in [0.15, 0.2) is 0 Å². The van der Waals surface area contributed by atoms with Crippen molar-refractivity contribution in [3.63, 3.8) is 0 Å². The van der Waals surface area contributed by atoms with Crippen molar-refractivity contribution in [2.45, 2.75) is 52.7 Å². The molecule has 0 aliphatic rings. The van der Waals surface area contributed by atoms with Gasteiger partial charge in [0, 0.05) is 13.1 Å². The molecule has 0 aromatic heterocycles. The Balaban J connectivity index is 4.25. The van der Waals surface area contributed by atoms with E-state index in [0.29, 0.717) is 39.5 Å². The van der Waals surface area contributed by atoms with Crippen LogP contribution in [0.5, 0.6) is 0 Å². The summed E-state index contributed by atoms with van der Waals surface area (Å²) in [4.78, 5) is 36.2. The molecule has 0 unspecified atom stereocenters. The first-order valence-corrected chi connectivity index (χ1v) is 10.0. The summed E-state index contributed by atoms with van der Waals surface area (Å²) in [6, 6.07) is 0. The fourth-order valence-electron chi connectivity index (χ4n) is 2.18. The molecule has 0 aliphatic carbocycles. The second kappa shape index (κ2) is 14.3. The monoisotopic (exact) mass is 434 g/mol. The minimum Gasteiger partial charge on any atom is -0.480 e. The number of ether oxygens (including phenoxy) is 4. The summed E-state index contributed by atoms with van der Waals surface area (Å²) in [5.74, 6) is -1.77. The molecule has 0 fully saturated rings. The van der Waals surface area contributed by atoms with Crippen molar-refractivity contribution in [3.8, 4) is 0 Å². The Bertz CT molecular complexity index is 496. The highest BCUT2D eigenvalue weighted by Crippen LogP contribution is 2.09. The van der Waals surface area contributed by atoms with Gasteiger partial charge in [-0.15, -0.1) is 0 Å². The molecular weight excluding hydrogens is 396 g/mol. The minimum atomic E-state index is -0.916. The average molecular weight is 435 g/mol. The molecule has 0 rings (SSSR count). The van der Waals surface area contributed by atoms with E-state index in [1.807, 2.05) is 0 Å². The average Bonchev–Trinajstić information content (AvgIpc) is 2.52. The molecule has 0 radical (unpaired) electrons. The van der Waals surface area contributed by atoms with Crippen molar-refractivity contribution < 1.29 is 38.4 Å². The fraction of sp³-hybridized carbons (Fsp3) is 0.850. The Morgan fingerprint density at radius 3 is 1.70 bits per heavy atom. The van der Waals surface area contributed by atoms with Crippen LogP contribution >= 0.6 is 0 Å². The van der Waals surface area contributed by atoms with Crippen molar-refractivity contribution in [2.75, 3.05) is 59.2 Å². The molecule has 2 N–H and O–H groups in total. The standard InChI is InChI=1S/C20H38N2O8/c1-19(2,3)29-17(25)14-22(15-18(26)30-20(4,5)6)8-10-28-12-11-27-9-7-21-13-16(23)24/h21H,7-15H2,1-6H3,(H,23,24). The molecule has 30 heavy (non-hydrogen) atoms. The first-order valence-electron chi connectivity index (χ1n) is 10.0. The zero-order chi connectivity index (χ0) is 23.2. The van der Waals surface area contributed by atoms with Gasteiger partial charge in [-0.25, -0.2) is 0 Å². The van der Waals surface area contributed by atoms with E-state index in [-0.39, 0.29) is 19.6 Å². The third-order valence-corrected chi connectivity index (χ3v) is 3.17. The van der Waals surface area contributed by atoms with E-state index in [1.165, 1.54) is 0 Å². The van der Waals surface area contributed by atoms with Gasteiger partial charge in [0.25, 0.3) is 0 Å². The number of carbonyl (C=O) groups is 3. The topological polar surface area (TPSA) is 124 Å². The number of aliphatic carboxylic acids is 1. The molecule has 0 amide bonds. The van der Waals surface area contributed by atoms with Gasteiger partial charge in [-0.1, -0.05) is 0 Å². The summed E-state index contributed by atoms with van der Waals surface area (Å²) >= 11 is 0. The predicted molar refractivity (Wildman–Crippen MR) is 110 cm³/mol. The van der Waals surface area contributed by atoms with Gasteiger partial charge in [-0.05, 0) is 41.5 Å². The molecule has 0 bridgehead atoms. The van der Waals surface area contributed by atoms with E-state index in [4.69, 9.17) is 24.1 Å². The van der Waals surface area contributed by atoms with Crippen molar-refractivity contribution >= 4 is 17.9 Å². The van der Waals surface area contributed by atoms with Crippen molar-refractivity contribution in [3.05, 3.63) is 0 Å². The van der Waals surface area contributed by atoms with Crippen LogP contribution in [-0.4, -0.2) is 98.3 Å². The van der Waals surface area contributed by atoms with Crippen LogP contribution in [0.4, 0.5) is 0 Å². The van der Waals surface area contributed by atoms with Crippen molar-refractivity contribution in [2.24, 2.45) is 0 Å². The minimum absolute atomic E-state index is 0.0500. The normalized spacial score (nSPS) is 12.1. The van der Waals surface area contributed by atoms with Crippen LogP contribution in [0.1, 0.15) is 41.5 Å². The third-order valence-electron chi connectivity index (χ3n) is 3.17. The highest BCUT2D eigenvalue weighted by molar-refractivity contribution is 5.75. The quantitative estimate of drug-likeness (QED) is 0.281. The number of carbonyl (C=O) groups excluding carboxylic acids is 2. The Kier molecular flexibility index (Phi) is 13.5. The number of rotatable bonds is 15. The summed E-state index contributed by atoms with van der Waals surface area (Å²) < 4.78 is 21.4. The maximum absolute atomic E-state index is 12.1. The van der Waals surface area contributed by atoms with Crippen LogP contribution in [0.3, 0.4) is 0 Å². The molecule has 10 heteroatoms. The highest BCUT2D eigenvalue weighted by Gasteiger charge is 2.23. The van der Waals surface area contributed by atoms with Gasteiger partial charge in [-0.3, -0.25) is 19.3 Å². The number of hydrogen-bond acceptors (Lipinski definition) is 9. The lowest BCUT2D eigenvalue weighted by Crippen LogP contribution is -2.41. The van der Waals surface area contributed by atoms with Crippen LogP contribution in [0.25, 0.3) is 0 Å². The SMILES string of the molecule is CC(C)(C)OC(=O)CN(CCOCCOCCNCC(=O)O)CC(=O)OC(C)(C)C. The number of carboxylic acid groups (broad SMARTS) is 1. The van der Waals surface area contributed by atoms with Gasteiger partial charge in [0.15, 0.2) is 0 Å². The van der Waals surface area contributed by atoms with Gasteiger partial charge in [0.2, 0.25) is 0 Å². The lowest BCUT2D eigenvalue weighted by Gasteiger charge is -2.26. The summed E-state index contributed by atoms with van der Waals surface area (Å²) in [7, 11) is 0. The number of nitrogens with zero attached hydrogens (tertiary/aromatic N) is 1. The van der Waals surface area contributed by atoms with Gasteiger partial charge in [-0.2, -0.15) is 0 Å². The fourth-order valence-corrected chi connectivity index (χ4v) is 2.18. The number of nitrogens with one attached hydrogen (secondary N) is 1. The van der Waals surface area contributed by atoms with E-state index >= 15 is 0 Å². The highest BCUT2D eigenvalue weighted by atomic mass is 16.6. The van der Waals surface area contributed by atoms with Gasteiger partial charge >= 0.3 is 17.9 Å². The van der Waals surface area contributed by atoms with Gasteiger partial charge in [0.05, 0.1) is 46.1 Å². The Morgan fingerprint density at radius 1 is 0.800 bits per heavy atom. The van der Waals surface area contributed by atoms with Crippen LogP contribution in [-0.2, 0) is 33.3 Å². The molecule has 0 aromatic carbocycles. The Morgan fingerprint density at radius 2 is 1.27 bits per heavy atom. The number of hydrogen-bond donors (Lipinski definition) is 2.